The second-order valence-corrected chi connectivity index (χ2v) is 10.1. The highest BCUT2D eigenvalue weighted by molar-refractivity contribution is 5.91. The average Bonchev–Trinajstić information content (AvgIpc) is 3.58. The minimum atomic E-state index is -0.213. The highest BCUT2D eigenvalue weighted by Crippen LogP contribution is 2.24. The zero-order valence-electron chi connectivity index (χ0n) is 22.4. The van der Waals surface area contributed by atoms with Crippen molar-refractivity contribution >= 4 is 16.8 Å². The number of hydrogen-bond donors (Lipinski definition) is 2. The van der Waals surface area contributed by atoms with Gasteiger partial charge in [0.1, 0.15) is 17.8 Å². The van der Waals surface area contributed by atoms with Gasteiger partial charge in [-0.25, -0.2) is 4.98 Å². The molecule has 5 rings (SSSR count). The average molecular weight is 523 g/mol. The van der Waals surface area contributed by atoms with Crippen LogP contribution in [0.3, 0.4) is 0 Å². The molecule has 2 N–H and O–H groups in total. The fourth-order valence-electron chi connectivity index (χ4n) is 4.49. The van der Waals surface area contributed by atoms with E-state index in [9.17, 15) is 4.79 Å². The smallest absolute Gasteiger partial charge is 0.273 e. The number of aromatic nitrogens is 2. The molecule has 2 aromatic heterocycles. The topological polar surface area (TPSA) is 83.4 Å². The van der Waals surface area contributed by atoms with Crippen molar-refractivity contribution in [1.82, 2.24) is 20.2 Å². The number of para-hydroxylation sites is 2. The summed E-state index contributed by atoms with van der Waals surface area (Å²) in [5, 5.41) is 4.13. The van der Waals surface area contributed by atoms with Crippen LogP contribution in [0.2, 0.25) is 0 Å². The van der Waals surface area contributed by atoms with Crippen LogP contribution >= 0.6 is 0 Å². The maximum atomic E-state index is 12.5. The molecule has 7 nitrogen and oxygen atoms in total. The van der Waals surface area contributed by atoms with E-state index in [1.54, 1.807) is 0 Å². The van der Waals surface area contributed by atoms with Crippen LogP contribution < -0.4 is 10.1 Å². The predicted molar refractivity (Wildman–Crippen MR) is 153 cm³/mol. The standard InChI is InChI=1S/C32H34N4O3/c1-23(2)18-34-32(37)30-22-38-31(35-30)21-36(16-15-25-19-33-29-14-7-6-13-28(25)29)20-24-9-8-12-27(17-24)39-26-10-4-3-5-11-26/h3-14,17,19,22-23,33H,15-16,18,20-21H2,1-2H3,(H,34,37). The first-order chi connectivity index (χ1) is 19.0. The summed E-state index contributed by atoms with van der Waals surface area (Å²) in [7, 11) is 0. The molecule has 0 radical (unpaired) electrons. The number of oxazole rings is 1. The zero-order chi connectivity index (χ0) is 27.0. The van der Waals surface area contributed by atoms with Gasteiger partial charge >= 0.3 is 0 Å². The van der Waals surface area contributed by atoms with Gasteiger partial charge in [-0.2, -0.15) is 0 Å². The lowest BCUT2D eigenvalue weighted by Crippen LogP contribution is -2.28. The summed E-state index contributed by atoms with van der Waals surface area (Å²) in [5.41, 5.74) is 3.82. The normalized spacial score (nSPS) is 11.4. The molecule has 0 saturated carbocycles. The molecular formula is C32H34N4O3. The summed E-state index contributed by atoms with van der Waals surface area (Å²) < 4.78 is 11.8. The number of carbonyl (C=O) groups excluding carboxylic acids is 1. The van der Waals surface area contributed by atoms with E-state index in [4.69, 9.17) is 9.15 Å². The van der Waals surface area contributed by atoms with Gasteiger partial charge in [-0.3, -0.25) is 9.69 Å². The van der Waals surface area contributed by atoms with Gasteiger partial charge < -0.3 is 19.5 Å². The van der Waals surface area contributed by atoms with Gasteiger partial charge in [0.2, 0.25) is 5.89 Å². The van der Waals surface area contributed by atoms with E-state index in [1.807, 2.05) is 48.5 Å². The number of hydrogen-bond acceptors (Lipinski definition) is 5. The molecule has 3 aromatic carbocycles. The molecular weight excluding hydrogens is 488 g/mol. The van der Waals surface area contributed by atoms with Gasteiger partial charge in [-0.05, 0) is 53.8 Å². The summed E-state index contributed by atoms with van der Waals surface area (Å²) in [6.45, 7) is 6.64. The number of rotatable bonds is 12. The number of fused-ring (bicyclic) bond motifs is 1. The van der Waals surface area contributed by atoms with Crippen molar-refractivity contribution in [1.29, 1.82) is 0 Å². The van der Waals surface area contributed by atoms with Crippen molar-refractivity contribution in [2.24, 2.45) is 5.92 Å². The van der Waals surface area contributed by atoms with E-state index in [1.165, 1.54) is 17.2 Å². The Morgan fingerprint density at radius 3 is 2.64 bits per heavy atom. The Morgan fingerprint density at radius 2 is 1.79 bits per heavy atom. The van der Waals surface area contributed by atoms with Crippen LogP contribution in [0, 0.1) is 5.92 Å². The SMILES string of the molecule is CC(C)CNC(=O)c1coc(CN(CCc2c[nH]c3ccccc23)Cc2cccc(Oc3ccccc3)c2)n1. The Kier molecular flexibility index (Phi) is 8.39. The molecule has 7 heteroatoms. The van der Waals surface area contributed by atoms with Crippen LogP contribution in [0.15, 0.2) is 95.7 Å². The zero-order valence-corrected chi connectivity index (χ0v) is 22.4. The Morgan fingerprint density at radius 1 is 1.00 bits per heavy atom. The predicted octanol–water partition coefficient (Wildman–Crippen LogP) is 6.58. The van der Waals surface area contributed by atoms with E-state index < -0.39 is 0 Å². The maximum Gasteiger partial charge on any atom is 0.273 e. The first-order valence-electron chi connectivity index (χ1n) is 13.4. The van der Waals surface area contributed by atoms with E-state index in [2.05, 4.69) is 70.6 Å². The van der Waals surface area contributed by atoms with Gasteiger partial charge in [0, 0.05) is 36.7 Å². The molecule has 0 atom stereocenters. The molecule has 0 fully saturated rings. The highest BCUT2D eigenvalue weighted by atomic mass is 16.5. The number of benzene rings is 3. The molecule has 1 amide bonds. The lowest BCUT2D eigenvalue weighted by atomic mass is 10.1. The first kappa shape index (κ1) is 26.3. The molecule has 0 aliphatic heterocycles. The molecule has 0 unspecified atom stereocenters. The second-order valence-electron chi connectivity index (χ2n) is 10.1. The largest absolute Gasteiger partial charge is 0.457 e. The van der Waals surface area contributed by atoms with Crippen molar-refractivity contribution < 1.29 is 13.9 Å². The number of nitrogens with zero attached hydrogens (tertiary/aromatic N) is 2. The molecule has 0 aliphatic carbocycles. The summed E-state index contributed by atoms with van der Waals surface area (Å²) >= 11 is 0. The highest BCUT2D eigenvalue weighted by Gasteiger charge is 2.17. The number of ether oxygens (including phenoxy) is 1. The summed E-state index contributed by atoms with van der Waals surface area (Å²) in [6, 6.07) is 26.2. The van der Waals surface area contributed by atoms with Gasteiger partial charge in [0.05, 0.1) is 6.54 Å². The number of carbonyl (C=O) groups is 1. The fraction of sp³-hybridized carbons (Fsp3) is 0.250. The maximum absolute atomic E-state index is 12.5. The van der Waals surface area contributed by atoms with Crippen LogP contribution in [0.5, 0.6) is 11.5 Å². The molecule has 39 heavy (non-hydrogen) atoms. The third-order valence-electron chi connectivity index (χ3n) is 6.47. The fourth-order valence-corrected chi connectivity index (χ4v) is 4.49. The Bertz CT molecular complexity index is 1510. The number of H-pyrrole nitrogens is 1. The van der Waals surface area contributed by atoms with Crippen molar-refractivity contribution in [2.45, 2.75) is 33.4 Å². The van der Waals surface area contributed by atoms with E-state index >= 15 is 0 Å². The monoisotopic (exact) mass is 522 g/mol. The molecule has 0 bridgehead atoms. The third kappa shape index (κ3) is 7.15. The minimum Gasteiger partial charge on any atom is -0.457 e. The summed E-state index contributed by atoms with van der Waals surface area (Å²) in [6.07, 6.45) is 4.38. The van der Waals surface area contributed by atoms with Crippen molar-refractivity contribution in [3.63, 3.8) is 0 Å². The molecule has 2 heterocycles. The Labute approximate surface area is 228 Å². The molecule has 0 aliphatic rings. The number of amides is 1. The molecule has 0 saturated heterocycles. The molecule has 200 valence electrons. The molecule has 0 spiro atoms. The third-order valence-corrected chi connectivity index (χ3v) is 6.47. The first-order valence-corrected chi connectivity index (χ1v) is 13.4. The van der Waals surface area contributed by atoms with Crippen LogP contribution in [-0.2, 0) is 19.5 Å². The van der Waals surface area contributed by atoms with Crippen LogP contribution in [0.25, 0.3) is 10.9 Å². The lowest BCUT2D eigenvalue weighted by molar-refractivity contribution is 0.0944. The minimum absolute atomic E-state index is 0.213. The lowest BCUT2D eigenvalue weighted by Gasteiger charge is -2.21. The molecule has 5 aromatic rings. The van der Waals surface area contributed by atoms with E-state index in [0.717, 1.165) is 35.5 Å². The quantitative estimate of drug-likeness (QED) is 0.193. The van der Waals surface area contributed by atoms with Crippen LogP contribution in [-0.4, -0.2) is 33.9 Å². The second kappa shape index (κ2) is 12.5. The number of nitrogens with one attached hydrogen (secondary N) is 2. The van der Waals surface area contributed by atoms with Crippen molar-refractivity contribution in [2.75, 3.05) is 13.1 Å². The Balaban J connectivity index is 1.31. The van der Waals surface area contributed by atoms with E-state index in [0.29, 0.717) is 37.1 Å². The van der Waals surface area contributed by atoms with Gasteiger partial charge in [0.25, 0.3) is 5.91 Å². The van der Waals surface area contributed by atoms with Gasteiger partial charge in [-0.1, -0.05) is 62.4 Å². The van der Waals surface area contributed by atoms with Crippen molar-refractivity contribution in [3.05, 3.63) is 114 Å². The van der Waals surface area contributed by atoms with Gasteiger partial charge in [-0.15, -0.1) is 0 Å². The van der Waals surface area contributed by atoms with E-state index in [-0.39, 0.29) is 5.91 Å². The van der Waals surface area contributed by atoms with Crippen LogP contribution in [0.1, 0.15) is 41.4 Å². The summed E-state index contributed by atoms with van der Waals surface area (Å²) in [5.74, 6) is 2.25. The van der Waals surface area contributed by atoms with Crippen LogP contribution in [0.4, 0.5) is 0 Å². The summed E-state index contributed by atoms with van der Waals surface area (Å²) in [4.78, 5) is 22.6. The number of aromatic amines is 1. The van der Waals surface area contributed by atoms with Crippen molar-refractivity contribution in [3.8, 4) is 11.5 Å². The van der Waals surface area contributed by atoms with Gasteiger partial charge in [0.15, 0.2) is 5.69 Å². The Hall–Kier alpha value is -4.36.